The second-order valence-corrected chi connectivity index (χ2v) is 12.7. The lowest BCUT2D eigenvalue weighted by molar-refractivity contribution is -0.142. The van der Waals surface area contributed by atoms with Crippen molar-refractivity contribution in [2.24, 2.45) is 11.8 Å². The highest BCUT2D eigenvalue weighted by Crippen LogP contribution is 2.32. The number of esters is 3. The van der Waals surface area contributed by atoms with Crippen LogP contribution >= 0.6 is 0 Å². The first kappa shape index (κ1) is 37.7. The molecule has 0 saturated heterocycles. The number of hydrogen-bond donors (Lipinski definition) is 0. The molecular weight excluding hydrogens is 588 g/mol. The maximum absolute atomic E-state index is 12.9. The van der Waals surface area contributed by atoms with Crippen molar-refractivity contribution in [1.29, 1.82) is 0 Å². The number of carbonyl (C=O) groups excluding carboxylic acids is 3. The third-order valence-corrected chi connectivity index (χ3v) is 8.99. The molecule has 0 aliphatic heterocycles. The quantitative estimate of drug-likeness (QED) is 0.0584. The van der Waals surface area contributed by atoms with Crippen LogP contribution < -0.4 is 9.47 Å². The molecule has 0 atom stereocenters. The summed E-state index contributed by atoms with van der Waals surface area (Å²) in [6.07, 6.45) is 16.4. The molecule has 46 heavy (non-hydrogen) atoms. The van der Waals surface area contributed by atoms with Gasteiger partial charge in [0.2, 0.25) is 0 Å². The number of hydrogen-bond acceptors (Lipinski definition) is 9. The minimum Gasteiger partial charge on any atom is -0.463 e. The van der Waals surface area contributed by atoms with Gasteiger partial charge in [-0.05, 0) is 114 Å². The second kappa shape index (κ2) is 21.9. The van der Waals surface area contributed by atoms with Crippen molar-refractivity contribution < 1.29 is 42.8 Å². The van der Waals surface area contributed by atoms with Crippen LogP contribution in [-0.2, 0) is 33.3 Å². The minimum absolute atomic E-state index is 0.119. The van der Waals surface area contributed by atoms with Crippen LogP contribution in [0.1, 0.15) is 108 Å². The van der Waals surface area contributed by atoms with Gasteiger partial charge in [0.15, 0.2) is 0 Å². The molecule has 1 aromatic rings. The molecule has 2 saturated carbocycles. The van der Waals surface area contributed by atoms with Crippen molar-refractivity contribution in [1.82, 2.24) is 0 Å². The van der Waals surface area contributed by atoms with E-state index in [1.54, 1.807) is 25.3 Å². The molecule has 2 fully saturated rings. The van der Waals surface area contributed by atoms with Crippen molar-refractivity contribution in [2.45, 2.75) is 122 Å². The van der Waals surface area contributed by atoms with Crippen LogP contribution in [0.2, 0.25) is 0 Å². The Hall–Kier alpha value is -2.75. The van der Waals surface area contributed by atoms with E-state index in [0.29, 0.717) is 24.7 Å². The molecular formula is C37H56O9. The van der Waals surface area contributed by atoms with E-state index in [4.69, 9.17) is 28.4 Å². The van der Waals surface area contributed by atoms with Crippen molar-refractivity contribution in [3.63, 3.8) is 0 Å². The average molecular weight is 645 g/mol. The Balaban J connectivity index is 1.27. The number of rotatable bonds is 21. The van der Waals surface area contributed by atoms with E-state index in [0.717, 1.165) is 115 Å². The smallest absolute Gasteiger partial charge is 0.330 e. The fourth-order valence-corrected chi connectivity index (χ4v) is 6.11. The number of carbonyl (C=O) groups is 3. The Kier molecular flexibility index (Phi) is 18.0. The molecule has 3 rings (SSSR count). The van der Waals surface area contributed by atoms with Crippen LogP contribution in [0.25, 0.3) is 0 Å². The third kappa shape index (κ3) is 14.3. The zero-order chi connectivity index (χ0) is 33.0. The standard InChI is InChI=1S/C37H56O9/c1-4-35(38)44-26-12-8-7-11-25-43-32-19-15-30(16-20-32)37(40)46-34-22-21-33(27-28(34)2)45-36(39)29-13-17-31(18-14-29)42-24-10-6-5-9-23-41-3/h4,21-22,27,29-32H,1,5-20,23-26H2,2-3H3. The molecule has 0 N–H and O–H groups in total. The first-order valence-corrected chi connectivity index (χ1v) is 17.4. The van der Waals surface area contributed by atoms with Gasteiger partial charge in [0.25, 0.3) is 0 Å². The van der Waals surface area contributed by atoms with Gasteiger partial charge in [-0.3, -0.25) is 9.59 Å². The van der Waals surface area contributed by atoms with Crippen LogP contribution in [0, 0.1) is 18.8 Å². The summed E-state index contributed by atoms with van der Waals surface area (Å²) in [6.45, 7) is 7.97. The monoisotopic (exact) mass is 644 g/mol. The highest BCUT2D eigenvalue weighted by atomic mass is 16.5. The van der Waals surface area contributed by atoms with E-state index in [-0.39, 0.29) is 42.0 Å². The first-order chi connectivity index (χ1) is 22.4. The summed E-state index contributed by atoms with van der Waals surface area (Å²) in [6, 6.07) is 5.18. The second-order valence-electron chi connectivity index (χ2n) is 12.7. The van der Waals surface area contributed by atoms with E-state index < -0.39 is 0 Å². The van der Waals surface area contributed by atoms with Crippen LogP contribution in [0.4, 0.5) is 0 Å². The normalized spacial score (nSPS) is 21.3. The van der Waals surface area contributed by atoms with Gasteiger partial charge < -0.3 is 28.4 Å². The van der Waals surface area contributed by atoms with Crippen LogP contribution in [-0.4, -0.2) is 63.7 Å². The predicted octanol–water partition coefficient (Wildman–Crippen LogP) is 7.45. The molecule has 0 unspecified atom stereocenters. The number of unbranched alkanes of at least 4 members (excludes halogenated alkanes) is 6. The van der Waals surface area contributed by atoms with E-state index in [2.05, 4.69) is 6.58 Å². The molecule has 0 aromatic heterocycles. The molecule has 258 valence electrons. The topological polar surface area (TPSA) is 107 Å². The molecule has 0 amide bonds. The summed E-state index contributed by atoms with van der Waals surface area (Å²) in [7, 11) is 1.74. The predicted molar refractivity (Wildman–Crippen MR) is 176 cm³/mol. The maximum atomic E-state index is 12.9. The molecule has 0 bridgehead atoms. The Morgan fingerprint density at radius 2 is 1.20 bits per heavy atom. The van der Waals surface area contributed by atoms with Gasteiger partial charge >= 0.3 is 17.9 Å². The van der Waals surface area contributed by atoms with Crippen molar-refractivity contribution in [3.8, 4) is 11.5 Å². The molecule has 2 aliphatic carbocycles. The highest BCUT2D eigenvalue weighted by molar-refractivity contribution is 5.81. The van der Waals surface area contributed by atoms with Gasteiger partial charge in [0.05, 0.1) is 30.7 Å². The maximum Gasteiger partial charge on any atom is 0.330 e. The number of aryl methyl sites for hydroxylation is 1. The lowest BCUT2D eigenvalue weighted by Crippen LogP contribution is -2.29. The summed E-state index contributed by atoms with van der Waals surface area (Å²) in [5.74, 6) is -0.0809. The zero-order valence-corrected chi connectivity index (χ0v) is 28.1. The summed E-state index contributed by atoms with van der Waals surface area (Å²) in [5, 5.41) is 0. The first-order valence-electron chi connectivity index (χ1n) is 17.4. The Labute approximate surface area is 275 Å². The Morgan fingerprint density at radius 3 is 1.70 bits per heavy atom. The van der Waals surface area contributed by atoms with Gasteiger partial charge in [-0.2, -0.15) is 0 Å². The summed E-state index contributed by atoms with van der Waals surface area (Å²) in [4.78, 5) is 36.8. The molecule has 0 radical (unpaired) electrons. The van der Waals surface area contributed by atoms with Crippen molar-refractivity contribution in [2.75, 3.05) is 33.5 Å². The lowest BCUT2D eigenvalue weighted by atomic mass is 9.87. The van der Waals surface area contributed by atoms with Gasteiger partial charge in [-0.25, -0.2) is 4.79 Å². The van der Waals surface area contributed by atoms with Crippen LogP contribution in [0.3, 0.4) is 0 Å². The number of ether oxygens (including phenoxy) is 6. The van der Waals surface area contributed by atoms with Gasteiger partial charge in [-0.1, -0.05) is 25.8 Å². The van der Waals surface area contributed by atoms with Gasteiger partial charge in [0.1, 0.15) is 11.5 Å². The summed E-state index contributed by atoms with van der Waals surface area (Å²) in [5.41, 5.74) is 0.758. The molecule has 0 heterocycles. The highest BCUT2D eigenvalue weighted by Gasteiger charge is 2.30. The Bertz CT molecular complexity index is 1050. The van der Waals surface area contributed by atoms with Crippen molar-refractivity contribution in [3.05, 3.63) is 36.4 Å². The SMILES string of the molecule is C=CC(=O)OCCCCCCOC1CCC(C(=O)Oc2ccc(OC(=O)C3CCC(OCCCCCCOC)CC3)cc2C)CC1. The molecule has 0 spiro atoms. The van der Waals surface area contributed by atoms with Crippen LogP contribution in [0.5, 0.6) is 11.5 Å². The van der Waals surface area contributed by atoms with E-state index >= 15 is 0 Å². The van der Waals surface area contributed by atoms with Crippen LogP contribution in [0.15, 0.2) is 30.9 Å². The number of benzene rings is 1. The van der Waals surface area contributed by atoms with E-state index in [1.165, 1.54) is 12.5 Å². The van der Waals surface area contributed by atoms with E-state index in [9.17, 15) is 14.4 Å². The van der Waals surface area contributed by atoms with Gasteiger partial charge in [0, 0.05) is 33.0 Å². The molecule has 2 aliphatic rings. The van der Waals surface area contributed by atoms with E-state index in [1.807, 2.05) is 6.92 Å². The third-order valence-electron chi connectivity index (χ3n) is 8.99. The van der Waals surface area contributed by atoms with Crippen molar-refractivity contribution >= 4 is 17.9 Å². The fraction of sp³-hybridized carbons (Fsp3) is 0.703. The Morgan fingerprint density at radius 1 is 0.696 bits per heavy atom. The summed E-state index contributed by atoms with van der Waals surface area (Å²) < 4.78 is 33.6. The zero-order valence-electron chi connectivity index (χ0n) is 28.1. The minimum atomic E-state index is -0.375. The lowest BCUT2D eigenvalue weighted by Gasteiger charge is -2.27. The summed E-state index contributed by atoms with van der Waals surface area (Å²) >= 11 is 0. The molecule has 9 nitrogen and oxygen atoms in total. The average Bonchev–Trinajstić information content (AvgIpc) is 3.07. The van der Waals surface area contributed by atoms with Gasteiger partial charge in [-0.15, -0.1) is 0 Å². The largest absolute Gasteiger partial charge is 0.463 e. The molecule has 1 aromatic carbocycles. The fourth-order valence-electron chi connectivity index (χ4n) is 6.11. The number of methoxy groups -OCH3 is 1. The molecule has 9 heteroatoms.